The van der Waals surface area contributed by atoms with Gasteiger partial charge in [-0.05, 0) is 17.9 Å². The quantitative estimate of drug-likeness (QED) is 0.659. The van der Waals surface area contributed by atoms with Gasteiger partial charge < -0.3 is 4.57 Å². The highest BCUT2D eigenvalue weighted by Gasteiger charge is 2.03. The minimum absolute atomic E-state index is 1.13. The largest absolute Gasteiger partial charge is 0.339 e. The normalized spacial score (nSPS) is 10.9. The van der Waals surface area contributed by atoms with Crippen LogP contribution >= 0.6 is 11.8 Å². The molecule has 0 saturated heterocycles. The number of para-hydroxylation sites is 1. The lowest BCUT2D eigenvalue weighted by atomic mass is 10.2. The second-order valence-electron chi connectivity index (χ2n) is 3.03. The predicted molar refractivity (Wildman–Crippen MR) is 59.3 cm³/mol. The Kier molecular flexibility index (Phi) is 2.32. The Morgan fingerprint density at radius 2 is 2.08 bits per heavy atom. The Labute approximate surface area is 82.8 Å². The van der Waals surface area contributed by atoms with Crippen molar-refractivity contribution in [2.75, 3.05) is 5.75 Å². The molecule has 2 rings (SSSR count). The van der Waals surface area contributed by atoms with Crippen molar-refractivity contribution in [2.45, 2.75) is 11.9 Å². The smallest absolute Gasteiger partial charge is 0.0756 e. The summed E-state index contributed by atoms with van der Waals surface area (Å²) in [6.45, 7) is 2.18. The monoisotopic (exact) mass is 191 g/mol. The van der Waals surface area contributed by atoms with Gasteiger partial charge in [0, 0.05) is 18.0 Å². The van der Waals surface area contributed by atoms with Crippen LogP contribution in [0.4, 0.5) is 0 Å². The minimum Gasteiger partial charge on any atom is -0.339 e. The van der Waals surface area contributed by atoms with E-state index in [2.05, 4.69) is 48.9 Å². The van der Waals surface area contributed by atoms with Crippen molar-refractivity contribution < 1.29 is 0 Å². The molecule has 0 bridgehead atoms. The number of hydrogen-bond donors (Lipinski definition) is 0. The number of aryl methyl sites for hydroxylation is 1. The summed E-state index contributed by atoms with van der Waals surface area (Å²) < 4.78 is 2.25. The van der Waals surface area contributed by atoms with Crippen molar-refractivity contribution in [2.24, 2.45) is 7.05 Å². The molecule has 0 N–H and O–H groups in total. The number of thioether (sulfide) groups is 1. The summed E-state index contributed by atoms with van der Waals surface area (Å²) >= 11 is 1.89. The van der Waals surface area contributed by atoms with E-state index in [0.717, 1.165) is 5.75 Å². The second-order valence-corrected chi connectivity index (χ2v) is 4.32. The number of benzene rings is 1. The average molecular weight is 191 g/mol. The summed E-state index contributed by atoms with van der Waals surface area (Å²) in [7, 11) is 2.13. The SMILES string of the molecule is CCSc1cc2ccccc2n1C. The van der Waals surface area contributed by atoms with Gasteiger partial charge in [0.1, 0.15) is 0 Å². The Balaban J connectivity index is 2.60. The van der Waals surface area contributed by atoms with Crippen LogP contribution in [-0.2, 0) is 7.05 Å². The molecular weight excluding hydrogens is 178 g/mol. The topological polar surface area (TPSA) is 4.93 Å². The van der Waals surface area contributed by atoms with E-state index in [1.807, 2.05) is 11.8 Å². The van der Waals surface area contributed by atoms with Crippen LogP contribution in [0.5, 0.6) is 0 Å². The third-order valence-electron chi connectivity index (χ3n) is 2.20. The van der Waals surface area contributed by atoms with Crippen LogP contribution in [0.15, 0.2) is 35.4 Å². The molecule has 0 fully saturated rings. The summed E-state index contributed by atoms with van der Waals surface area (Å²) in [5.74, 6) is 1.13. The van der Waals surface area contributed by atoms with E-state index in [4.69, 9.17) is 0 Å². The fourth-order valence-corrected chi connectivity index (χ4v) is 2.35. The van der Waals surface area contributed by atoms with Gasteiger partial charge in [-0.2, -0.15) is 0 Å². The van der Waals surface area contributed by atoms with Crippen molar-refractivity contribution in [1.29, 1.82) is 0 Å². The van der Waals surface area contributed by atoms with Gasteiger partial charge in [-0.15, -0.1) is 11.8 Å². The van der Waals surface area contributed by atoms with E-state index in [1.54, 1.807) is 0 Å². The van der Waals surface area contributed by atoms with Gasteiger partial charge in [0.15, 0.2) is 0 Å². The van der Waals surface area contributed by atoms with Crippen molar-refractivity contribution in [3.63, 3.8) is 0 Å². The third-order valence-corrected chi connectivity index (χ3v) is 3.18. The first-order chi connectivity index (χ1) is 6.33. The van der Waals surface area contributed by atoms with Gasteiger partial charge in [0.2, 0.25) is 0 Å². The first-order valence-corrected chi connectivity index (χ1v) is 5.48. The van der Waals surface area contributed by atoms with Gasteiger partial charge >= 0.3 is 0 Å². The molecule has 0 spiro atoms. The van der Waals surface area contributed by atoms with Crippen molar-refractivity contribution in [3.05, 3.63) is 30.3 Å². The van der Waals surface area contributed by atoms with Gasteiger partial charge in [0.25, 0.3) is 0 Å². The Hall–Kier alpha value is -0.890. The number of nitrogens with zero attached hydrogens (tertiary/aromatic N) is 1. The van der Waals surface area contributed by atoms with Crippen LogP contribution in [0.2, 0.25) is 0 Å². The molecular formula is C11H13NS. The molecule has 2 heteroatoms. The molecule has 0 aliphatic rings. The first-order valence-electron chi connectivity index (χ1n) is 4.50. The molecule has 0 amide bonds. The summed E-state index contributed by atoms with van der Waals surface area (Å²) in [6.07, 6.45) is 0. The van der Waals surface area contributed by atoms with Crippen LogP contribution < -0.4 is 0 Å². The van der Waals surface area contributed by atoms with Crippen molar-refractivity contribution in [3.8, 4) is 0 Å². The molecule has 1 heterocycles. The summed E-state index contributed by atoms with van der Waals surface area (Å²) in [5, 5.41) is 2.68. The van der Waals surface area contributed by atoms with E-state index in [1.165, 1.54) is 15.9 Å². The molecule has 13 heavy (non-hydrogen) atoms. The van der Waals surface area contributed by atoms with Gasteiger partial charge in [-0.25, -0.2) is 0 Å². The number of hydrogen-bond acceptors (Lipinski definition) is 1. The van der Waals surface area contributed by atoms with E-state index >= 15 is 0 Å². The predicted octanol–water partition coefficient (Wildman–Crippen LogP) is 3.29. The number of fused-ring (bicyclic) bond motifs is 1. The van der Waals surface area contributed by atoms with E-state index < -0.39 is 0 Å². The van der Waals surface area contributed by atoms with Gasteiger partial charge in [-0.3, -0.25) is 0 Å². The molecule has 0 radical (unpaired) electrons. The lowest BCUT2D eigenvalue weighted by Crippen LogP contribution is -1.88. The molecule has 1 aromatic carbocycles. The standard InChI is InChI=1S/C11H13NS/c1-3-13-11-8-9-6-4-5-7-10(9)12(11)2/h4-8H,3H2,1-2H3. The maximum atomic E-state index is 2.25. The zero-order chi connectivity index (χ0) is 9.26. The maximum absolute atomic E-state index is 2.25. The summed E-state index contributed by atoms with van der Waals surface area (Å²) in [5.41, 5.74) is 1.32. The highest BCUT2D eigenvalue weighted by Crippen LogP contribution is 2.25. The molecule has 0 saturated carbocycles. The fourth-order valence-electron chi connectivity index (χ4n) is 1.55. The lowest BCUT2D eigenvalue weighted by Gasteiger charge is -2.00. The average Bonchev–Trinajstić information content (AvgIpc) is 2.46. The van der Waals surface area contributed by atoms with E-state index in [9.17, 15) is 0 Å². The van der Waals surface area contributed by atoms with Gasteiger partial charge in [0.05, 0.1) is 5.03 Å². The Morgan fingerprint density at radius 1 is 1.31 bits per heavy atom. The third kappa shape index (κ3) is 1.46. The Bertz CT molecular complexity index is 417. The number of aromatic nitrogens is 1. The Morgan fingerprint density at radius 3 is 2.77 bits per heavy atom. The van der Waals surface area contributed by atoms with Crippen LogP contribution in [0, 0.1) is 0 Å². The van der Waals surface area contributed by atoms with Gasteiger partial charge in [-0.1, -0.05) is 25.1 Å². The molecule has 1 aromatic heterocycles. The molecule has 0 atom stereocenters. The van der Waals surface area contributed by atoms with Crippen LogP contribution in [0.25, 0.3) is 10.9 Å². The number of rotatable bonds is 2. The van der Waals surface area contributed by atoms with E-state index in [0.29, 0.717) is 0 Å². The highest BCUT2D eigenvalue weighted by atomic mass is 32.2. The highest BCUT2D eigenvalue weighted by molar-refractivity contribution is 7.99. The second kappa shape index (κ2) is 3.46. The zero-order valence-electron chi connectivity index (χ0n) is 7.95. The molecule has 0 aliphatic heterocycles. The summed E-state index contributed by atoms with van der Waals surface area (Å²) in [4.78, 5) is 0. The van der Waals surface area contributed by atoms with Crippen molar-refractivity contribution >= 4 is 22.7 Å². The first kappa shape index (κ1) is 8.70. The summed E-state index contributed by atoms with van der Waals surface area (Å²) in [6, 6.07) is 10.7. The molecule has 2 aromatic rings. The molecule has 68 valence electrons. The van der Waals surface area contributed by atoms with Crippen LogP contribution in [0.1, 0.15) is 6.92 Å². The maximum Gasteiger partial charge on any atom is 0.0756 e. The van der Waals surface area contributed by atoms with Crippen molar-refractivity contribution in [1.82, 2.24) is 4.57 Å². The zero-order valence-corrected chi connectivity index (χ0v) is 8.77. The van der Waals surface area contributed by atoms with Crippen LogP contribution in [-0.4, -0.2) is 10.3 Å². The van der Waals surface area contributed by atoms with E-state index in [-0.39, 0.29) is 0 Å². The fraction of sp³-hybridized carbons (Fsp3) is 0.273. The van der Waals surface area contributed by atoms with Crippen LogP contribution in [0.3, 0.4) is 0 Å². The molecule has 1 nitrogen and oxygen atoms in total. The molecule has 0 unspecified atom stereocenters. The molecule has 0 aliphatic carbocycles. The lowest BCUT2D eigenvalue weighted by molar-refractivity contribution is 0.862. The minimum atomic E-state index is 1.13.